The van der Waals surface area contributed by atoms with E-state index in [0.717, 1.165) is 6.42 Å². The highest BCUT2D eigenvalue weighted by Crippen LogP contribution is 2.26. The second kappa shape index (κ2) is 11.4. The molecule has 0 heterocycles. The number of nitrogens with one attached hydrogen (secondary N) is 1. The van der Waals surface area contributed by atoms with Crippen LogP contribution in [-0.2, 0) is 20.9 Å². The molecule has 0 radical (unpaired) electrons. The molecule has 1 aliphatic rings. The Morgan fingerprint density at radius 2 is 1.90 bits per heavy atom. The van der Waals surface area contributed by atoms with Gasteiger partial charge in [0, 0.05) is 18.7 Å². The highest BCUT2D eigenvalue weighted by atomic mass is 16.6. The lowest BCUT2D eigenvalue weighted by Crippen LogP contribution is -2.48. The fourth-order valence-electron chi connectivity index (χ4n) is 3.40. The quantitative estimate of drug-likeness (QED) is 0.447. The molecule has 0 spiro atoms. The van der Waals surface area contributed by atoms with Gasteiger partial charge in [0.25, 0.3) is 5.69 Å². The van der Waals surface area contributed by atoms with Crippen molar-refractivity contribution in [3.63, 3.8) is 0 Å². The number of amides is 1. The van der Waals surface area contributed by atoms with E-state index in [9.17, 15) is 24.8 Å². The Labute approximate surface area is 169 Å². The van der Waals surface area contributed by atoms with Gasteiger partial charge in [-0.25, -0.2) is 9.59 Å². The summed E-state index contributed by atoms with van der Waals surface area (Å²) in [5.41, 5.74) is 0.484. The number of nitro benzene ring substituents is 1. The van der Waals surface area contributed by atoms with E-state index in [0.29, 0.717) is 18.1 Å². The van der Waals surface area contributed by atoms with Crippen molar-refractivity contribution < 1.29 is 29.1 Å². The maximum absolute atomic E-state index is 12.0. The minimum Gasteiger partial charge on any atom is -0.480 e. The Morgan fingerprint density at radius 3 is 2.48 bits per heavy atom. The van der Waals surface area contributed by atoms with Gasteiger partial charge in [0.05, 0.1) is 11.0 Å². The van der Waals surface area contributed by atoms with E-state index in [4.69, 9.17) is 9.47 Å². The van der Waals surface area contributed by atoms with Crippen molar-refractivity contribution in [2.75, 3.05) is 6.61 Å². The summed E-state index contributed by atoms with van der Waals surface area (Å²) in [6.45, 7) is 1.93. The zero-order chi connectivity index (χ0) is 21.2. The molecule has 0 saturated heterocycles. The first-order valence-corrected chi connectivity index (χ1v) is 9.88. The number of carbonyl (C=O) groups is 2. The average molecular weight is 408 g/mol. The zero-order valence-electron chi connectivity index (χ0n) is 16.5. The minimum atomic E-state index is -1.23. The zero-order valence-corrected chi connectivity index (χ0v) is 16.5. The van der Waals surface area contributed by atoms with E-state index in [2.05, 4.69) is 5.32 Å². The van der Waals surface area contributed by atoms with Gasteiger partial charge in [-0.15, -0.1) is 0 Å². The van der Waals surface area contributed by atoms with Gasteiger partial charge in [-0.1, -0.05) is 32.1 Å². The molecule has 1 aromatic carbocycles. The minimum absolute atomic E-state index is 0.0663. The van der Waals surface area contributed by atoms with Crippen LogP contribution in [0.5, 0.6) is 0 Å². The first-order chi connectivity index (χ1) is 13.9. The molecule has 1 aliphatic carbocycles. The summed E-state index contributed by atoms with van der Waals surface area (Å²) in [7, 11) is 0. The van der Waals surface area contributed by atoms with Crippen LogP contribution in [-0.4, -0.2) is 40.8 Å². The van der Waals surface area contributed by atoms with Gasteiger partial charge in [0.15, 0.2) is 6.04 Å². The summed E-state index contributed by atoms with van der Waals surface area (Å²) in [4.78, 5) is 33.6. The number of nitro groups is 1. The third kappa shape index (κ3) is 7.69. The standard InChI is InChI=1S/C20H28N2O7/c1-14(28-12-11-15-5-3-2-4-6-15)18(19(23)24)21-20(25)29-13-16-7-9-17(10-8-16)22(26)27/h7-10,14-15,18H,2-6,11-13H2,1H3,(H,21,25)(H,23,24)/t14-,18+/m1/s1. The monoisotopic (exact) mass is 408 g/mol. The number of aliphatic carboxylic acids is 1. The number of carboxylic acids is 1. The number of alkyl carbamates (subject to hydrolysis) is 1. The molecule has 9 heteroatoms. The van der Waals surface area contributed by atoms with Crippen LogP contribution in [0.3, 0.4) is 0 Å². The number of nitrogens with zero attached hydrogens (tertiary/aromatic N) is 1. The van der Waals surface area contributed by atoms with Crippen molar-refractivity contribution in [3.05, 3.63) is 39.9 Å². The molecule has 9 nitrogen and oxygen atoms in total. The van der Waals surface area contributed by atoms with Crippen molar-refractivity contribution in [2.45, 2.75) is 64.2 Å². The van der Waals surface area contributed by atoms with Gasteiger partial charge in [-0.3, -0.25) is 10.1 Å². The number of carbonyl (C=O) groups excluding carboxylic acids is 1. The maximum atomic E-state index is 12.0. The fourth-order valence-corrected chi connectivity index (χ4v) is 3.40. The molecule has 1 aromatic rings. The van der Waals surface area contributed by atoms with Crippen molar-refractivity contribution in [1.82, 2.24) is 5.32 Å². The number of carboxylic acid groups (broad SMARTS) is 1. The molecule has 29 heavy (non-hydrogen) atoms. The molecule has 1 amide bonds. The lowest BCUT2D eigenvalue weighted by Gasteiger charge is -2.24. The molecule has 2 N–H and O–H groups in total. The third-order valence-corrected chi connectivity index (χ3v) is 5.16. The predicted octanol–water partition coefficient (Wildman–Crippen LogP) is 3.65. The predicted molar refractivity (Wildman–Crippen MR) is 104 cm³/mol. The lowest BCUT2D eigenvalue weighted by molar-refractivity contribution is -0.384. The molecule has 0 bridgehead atoms. The first kappa shape index (κ1) is 22.6. The van der Waals surface area contributed by atoms with E-state index in [-0.39, 0.29) is 12.3 Å². The summed E-state index contributed by atoms with van der Waals surface area (Å²) < 4.78 is 10.7. The molecule has 0 aliphatic heterocycles. The largest absolute Gasteiger partial charge is 0.480 e. The number of non-ortho nitro benzene ring substituents is 1. The van der Waals surface area contributed by atoms with E-state index >= 15 is 0 Å². The number of hydrogen-bond acceptors (Lipinski definition) is 6. The van der Waals surface area contributed by atoms with Crippen molar-refractivity contribution in [1.29, 1.82) is 0 Å². The number of rotatable bonds is 10. The molecular formula is C20H28N2O7. The number of benzene rings is 1. The summed E-state index contributed by atoms with van der Waals surface area (Å²) in [5.74, 6) is -0.582. The van der Waals surface area contributed by atoms with E-state index in [1.54, 1.807) is 6.92 Å². The average Bonchev–Trinajstić information content (AvgIpc) is 2.71. The summed E-state index contributed by atoms with van der Waals surface area (Å²) in [6.07, 6.45) is 5.42. The van der Waals surface area contributed by atoms with Gasteiger partial charge in [-0.2, -0.15) is 0 Å². The van der Waals surface area contributed by atoms with Crippen LogP contribution in [0.15, 0.2) is 24.3 Å². The molecule has 2 atom stereocenters. The van der Waals surface area contributed by atoms with Crippen LogP contribution in [0, 0.1) is 16.0 Å². The molecule has 2 rings (SSSR count). The second-order valence-electron chi connectivity index (χ2n) is 7.33. The SMILES string of the molecule is C[C@@H](OCCC1CCCCC1)[C@H](NC(=O)OCc1ccc([N+](=O)[O-])cc1)C(=O)O. The van der Waals surface area contributed by atoms with Crippen LogP contribution >= 0.6 is 0 Å². The van der Waals surface area contributed by atoms with Crippen LogP contribution in [0.25, 0.3) is 0 Å². The topological polar surface area (TPSA) is 128 Å². The smallest absolute Gasteiger partial charge is 0.408 e. The summed E-state index contributed by atoms with van der Waals surface area (Å²) >= 11 is 0. The Balaban J connectivity index is 1.76. The first-order valence-electron chi connectivity index (χ1n) is 9.88. The second-order valence-corrected chi connectivity index (χ2v) is 7.33. The Morgan fingerprint density at radius 1 is 1.24 bits per heavy atom. The van der Waals surface area contributed by atoms with Crippen molar-refractivity contribution in [3.8, 4) is 0 Å². The molecule has 0 aromatic heterocycles. The van der Waals surface area contributed by atoms with Crippen LogP contribution < -0.4 is 5.32 Å². The maximum Gasteiger partial charge on any atom is 0.408 e. The number of ether oxygens (including phenoxy) is 2. The molecule has 1 saturated carbocycles. The van der Waals surface area contributed by atoms with E-state index < -0.39 is 29.1 Å². The molecule has 160 valence electrons. The van der Waals surface area contributed by atoms with Crippen molar-refractivity contribution in [2.24, 2.45) is 5.92 Å². The van der Waals surface area contributed by atoms with Crippen molar-refractivity contribution >= 4 is 17.7 Å². The highest BCUT2D eigenvalue weighted by molar-refractivity contribution is 5.80. The fraction of sp³-hybridized carbons (Fsp3) is 0.600. The summed E-state index contributed by atoms with van der Waals surface area (Å²) in [5, 5.41) is 22.3. The molecular weight excluding hydrogens is 380 g/mol. The van der Waals surface area contributed by atoms with Crippen LogP contribution in [0.4, 0.5) is 10.5 Å². The Bertz CT molecular complexity index is 687. The molecule has 1 fully saturated rings. The van der Waals surface area contributed by atoms with E-state index in [1.807, 2.05) is 0 Å². The Hall–Kier alpha value is -2.68. The molecule has 0 unspecified atom stereocenters. The Kier molecular flexibility index (Phi) is 8.85. The van der Waals surface area contributed by atoms with Gasteiger partial charge in [-0.05, 0) is 37.0 Å². The van der Waals surface area contributed by atoms with Gasteiger partial charge in [0.1, 0.15) is 6.61 Å². The van der Waals surface area contributed by atoms with Gasteiger partial charge >= 0.3 is 12.1 Å². The third-order valence-electron chi connectivity index (χ3n) is 5.16. The normalized spacial score (nSPS) is 16.6. The highest BCUT2D eigenvalue weighted by Gasteiger charge is 2.28. The number of hydrogen-bond donors (Lipinski definition) is 2. The van der Waals surface area contributed by atoms with Crippen LogP contribution in [0.2, 0.25) is 0 Å². The van der Waals surface area contributed by atoms with Gasteiger partial charge in [0.2, 0.25) is 0 Å². The van der Waals surface area contributed by atoms with E-state index in [1.165, 1.54) is 56.4 Å². The summed E-state index contributed by atoms with van der Waals surface area (Å²) in [6, 6.07) is 4.32. The van der Waals surface area contributed by atoms with Gasteiger partial charge < -0.3 is 19.9 Å². The lowest BCUT2D eigenvalue weighted by atomic mass is 9.87. The van der Waals surface area contributed by atoms with Crippen LogP contribution in [0.1, 0.15) is 51.0 Å².